The summed E-state index contributed by atoms with van der Waals surface area (Å²) in [5, 5.41) is 0. The second-order valence-corrected chi connectivity index (χ2v) is 5.73. The molecule has 1 aliphatic carbocycles. The topological polar surface area (TPSA) is 29.5 Å². The lowest BCUT2D eigenvalue weighted by Gasteiger charge is -2.34. The molecule has 0 radical (unpaired) electrons. The molecule has 1 aromatic rings. The third-order valence-corrected chi connectivity index (χ3v) is 4.52. The van der Waals surface area contributed by atoms with Crippen molar-refractivity contribution in [3.8, 4) is 5.75 Å². The van der Waals surface area contributed by atoms with Crippen LogP contribution in [0.4, 0.5) is 0 Å². The number of nitrogens with zero attached hydrogens (tertiary/aromatic N) is 1. The van der Waals surface area contributed by atoms with Crippen molar-refractivity contribution in [2.75, 3.05) is 14.2 Å². The van der Waals surface area contributed by atoms with E-state index in [0.29, 0.717) is 6.04 Å². The molecule has 3 nitrogen and oxygen atoms in total. The van der Waals surface area contributed by atoms with Crippen molar-refractivity contribution in [2.24, 2.45) is 0 Å². The van der Waals surface area contributed by atoms with Gasteiger partial charge in [-0.3, -0.25) is 9.69 Å². The molecule has 0 amide bonds. The summed E-state index contributed by atoms with van der Waals surface area (Å²) in [5.41, 5.74) is 0.765. The van der Waals surface area contributed by atoms with Crippen molar-refractivity contribution < 1.29 is 9.53 Å². The van der Waals surface area contributed by atoms with E-state index in [1.807, 2.05) is 31.2 Å². The van der Waals surface area contributed by atoms with Crippen molar-refractivity contribution in [1.82, 2.24) is 4.90 Å². The van der Waals surface area contributed by atoms with Crippen LogP contribution in [0.5, 0.6) is 5.75 Å². The summed E-state index contributed by atoms with van der Waals surface area (Å²) in [7, 11) is 3.72. The summed E-state index contributed by atoms with van der Waals surface area (Å²) in [6, 6.07) is 7.90. The molecule has 1 fully saturated rings. The summed E-state index contributed by atoms with van der Waals surface area (Å²) >= 11 is 0. The van der Waals surface area contributed by atoms with Crippen molar-refractivity contribution in [3.63, 3.8) is 0 Å². The van der Waals surface area contributed by atoms with Gasteiger partial charge in [0, 0.05) is 11.6 Å². The minimum atomic E-state index is -0.0634. The average molecular weight is 275 g/mol. The molecule has 0 N–H and O–H groups in total. The van der Waals surface area contributed by atoms with Crippen LogP contribution in [0.2, 0.25) is 0 Å². The zero-order valence-corrected chi connectivity index (χ0v) is 12.8. The van der Waals surface area contributed by atoms with Gasteiger partial charge in [0.15, 0.2) is 5.78 Å². The molecule has 3 heteroatoms. The molecule has 1 aromatic carbocycles. The third kappa shape index (κ3) is 3.40. The highest BCUT2D eigenvalue weighted by Crippen LogP contribution is 2.24. The predicted molar refractivity (Wildman–Crippen MR) is 81.4 cm³/mol. The van der Waals surface area contributed by atoms with Crippen LogP contribution in [-0.4, -0.2) is 36.9 Å². The number of hydrogen-bond donors (Lipinski definition) is 0. The first-order chi connectivity index (χ1) is 9.63. The van der Waals surface area contributed by atoms with Crippen molar-refractivity contribution in [1.29, 1.82) is 0 Å². The Hall–Kier alpha value is -1.35. The van der Waals surface area contributed by atoms with E-state index in [-0.39, 0.29) is 11.8 Å². The monoisotopic (exact) mass is 275 g/mol. The van der Waals surface area contributed by atoms with Crippen molar-refractivity contribution in [3.05, 3.63) is 29.8 Å². The second kappa shape index (κ2) is 6.89. The maximum atomic E-state index is 12.5. The van der Waals surface area contributed by atoms with Crippen LogP contribution in [0.3, 0.4) is 0 Å². The van der Waals surface area contributed by atoms with E-state index in [2.05, 4.69) is 11.9 Å². The number of ether oxygens (including phenoxy) is 1. The summed E-state index contributed by atoms with van der Waals surface area (Å²) in [4.78, 5) is 14.8. The van der Waals surface area contributed by atoms with E-state index < -0.39 is 0 Å². The van der Waals surface area contributed by atoms with Crippen LogP contribution in [0.1, 0.15) is 49.4 Å². The Morgan fingerprint density at radius 1 is 1.20 bits per heavy atom. The van der Waals surface area contributed by atoms with Crippen LogP contribution in [0.25, 0.3) is 0 Å². The van der Waals surface area contributed by atoms with Gasteiger partial charge in [-0.1, -0.05) is 19.3 Å². The molecule has 1 atom stereocenters. The molecular formula is C17H25NO2. The Kier molecular flexibility index (Phi) is 5.18. The number of carbonyl (C=O) groups excluding carboxylic acids is 1. The standard InChI is InChI=1S/C17H25NO2/c1-13(18(2)15-7-5-4-6-8-15)17(19)14-9-11-16(20-3)12-10-14/h9-13,15H,4-8H2,1-3H3. The van der Waals surface area contributed by atoms with E-state index in [1.165, 1.54) is 32.1 Å². The molecule has 1 saturated carbocycles. The zero-order chi connectivity index (χ0) is 14.5. The lowest BCUT2D eigenvalue weighted by molar-refractivity contribution is 0.0778. The van der Waals surface area contributed by atoms with Gasteiger partial charge in [-0.25, -0.2) is 0 Å². The Morgan fingerprint density at radius 3 is 2.35 bits per heavy atom. The fourth-order valence-corrected chi connectivity index (χ4v) is 2.99. The van der Waals surface area contributed by atoms with Gasteiger partial charge in [-0.05, 0) is 51.1 Å². The lowest BCUT2D eigenvalue weighted by Crippen LogP contribution is -2.43. The van der Waals surface area contributed by atoms with E-state index in [9.17, 15) is 4.79 Å². The summed E-state index contributed by atoms with van der Waals surface area (Å²) in [6.07, 6.45) is 6.36. The number of methoxy groups -OCH3 is 1. The number of hydrogen-bond acceptors (Lipinski definition) is 3. The van der Waals surface area contributed by atoms with Crippen LogP contribution in [-0.2, 0) is 0 Å². The van der Waals surface area contributed by atoms with Gasteiger partial charge >= 0.3 is 0 Å². The van der Waals surface area contributed by atoms with Crippen molar-refractivity contribution in [2.45, 2.75) is 51.1 Å². The highest BCUT2D eigenvalue weighted by atomic mass is 16.5. The highest BCUT2D eigenvalue weighted by Gasteiger charge is 2.26. The second-order valence-electron chi connectivity index (χ2n) is 5.73. The fourth-order valence-electron chi connectivity index (χ4n) is 2.99. The largest absolute Gasteiger partial charge is 0.497 e. The van der Waals surface area contributed by atoms with E-state index >= 15 is 0 Å². The number of ketones is 1. The van der Waals surface area contributed by atoms with Gasteiger partial charge in [-0.15, -0.1) is 0 Å². The quantitative estimate of drug-likeness (QED) is 0.770. The maximum Gasteiger partial charge on any atom is 0.179 e. The predicted octanol–water partition coefficient (Wildman–Crippen LogP) is 3.53. The van der Waals surface area contributed by atoms with E-state index in [1.54, 1.807) is 7.11 Å². The van der Waals surface area contributed by atoms with E-state index in [4.69, 9.17) is 4.74 Å². The molecule has 0 spiro atoms. The molecule has 0 bridgehead atoms. The molecule has 1 aliphatic rings. The first kappa shape index (κ1) is 15.0. The minimum absolute atomic E-state index is 0.0634. The van der Waals surface area contributed by atoms with Gasteiger partial charge < -0.3 is 4.74 Å². The Labute approximate surface area is 121 Å². The Balaban J connectivity index is 2.02. The molecule has 1 unspecified atom stereocenters. The summed E-state index contributed by atoms with van der Waals surface area (Å²) in [5.74, 6) is 0.982. The van der Waals surface area contributed by atoms with Crippen LogP contribution in [0, 0.1) is 0 Å². The smallest absolute Gasteiger partial charge is 0.179 e. The maximum absolute atomic E-state index is 12.5. The van der Waals surface area contributed by atoms with Crippen molar-refractivity contribution >= 4 is 5.78 Å². The van der Waals surface area contributed by atoms with Crippen LogP contribution < -0.4 is 4.74 Å². The number of likely N-dealkylation sites (N-methyl/N-ethyl adjacent to an activating group) is 1. The number of carbonyl (C=O) groups is 1. The molecule has 110 valence electrons. The van der Waals surface area contributed by atoms with Gasteiger partial charge in [0.1, 0.15) is 5.75 Å². The van der Waals surface area contributed by atoms with Crippen LogP contribution >= 0.6 is 0 Å². The van der Waals surface area contributed by atoms with Gasteiger partial charge in [-0.2, -0.15) is 0 Å². The molecule has 2 rings (SSSR count). The summed E-state index contributed by atoms with van der Waals surface area (Å²) in [6.45, 7) is 2.02. The first-order valence-electron chi connectivity index (χ1n) is 7.53. The molecule has 20 heavy (non-hydrogen) atoms. The van der Waals surface area contributed by atoms with Gasteiger partial charge in [0.25, 0.3) is 0 Å². The highest BCUT2D eigenvalue weighted by molar-refractivity contribution is 5.99. The SMILES string of the molecule is COc1ccc(C(=O)C(C)N(C)C2CCCCC2)cc1. The minimum Gasteiger partial charge on any atom is -0.497 e. The third-order valence-electron chi connectivity index (χ3n) is 4.52. The Morgan fingerprint density at radius 2 is 1.80 bits per heavy atom. The number of Topliss-reactive ketones (excluding diaryl/α,β-unsaturated/α-hetero) is 1. The molecule has 0 saturated heterocycles. The molecule has 0 aliphatic heterocycles. The van der Waals surface area contributed by atoms with E-state index in [0.717, 1.165) is 11.3 Å². The van der Waals surface area contributed by atoms with Crippen LogP contribution in [0.15, 0.2) is 24.3 Å². The first-order valence-corrected chi connectivity index (χ1v) is 7.53. The number of rotatable bonds is 5. The molecule has 0 heterocycles. The fraction of sp³-hybridized carbons (Fsp3) is 0.588. The molecule has 0 aromatic heterocycles. The normalized spacial score (nSPS) is 18.0. The number of benzene rings is 1. The molecular weight excluding hydrogens is 250 g/mol. The zero-order valence-electron chi connectivity index (χ0n) is 12.8. The Bertz CT molecular complexity index is 435. The summed E-state index contributed by atoms with van der Waals surface area (Å²) < 4.78 is 5.13. The lowest BCUT2D eigenvalue weighted by atomic mass is 9.92. The van der Waals surface area contributed by atoms with Gasteiger partial charge in [0.2, 0.25) is 0 Å². The average Bonchev–Trinajstić information content (AvgIpc) is 2.53. The van der Waals surface area contributed by atoms with Gasteiger partial charge in [0.05, 0.1) is 13.2 Å².